The molecule has 150 valence electrons. The van der Waals surface area contributed by atoms with Crippen molar-refractivity contribution in [1.82, 2.24) is 0 Å². The zero-order valence-corrected chi connectivity index (χ0v) is 17.6. The molecule has 27 heavy (non-hydrogen) atoms. The lowest BCUT2D eigenvalue weighted by atomic mass is 9.73. The molecule has 1 unspecified atom stereocenters. The summed E-state index contributed by atoms with van der Waals surface area (Å²) in [5.74, 6) is 2.62. The molecule has 2 heteroatoms. The topological polar surface area (TPSA) is 33.0 Å². The fourth-order valence-corrected chi connectivity index (χ4v) is 4.40. The number of hydrogen-bond donors (Lipinski definition) is 0. The summed E-state index contributed by atoms with van der Waals surface area (Å²) in [5, 5.41) is 9.73. The molecule has 0 amide bonds. The van der Waals surface area contributed by atoms with Gasteiger partial charge in [0.2, 0.25) is 0 Å². The molecular formula is C25H39NO. The molecule has 1 aromatic carbocycles. The molecule has 1 aliphatic carbocycles. The fraction of sp³-hybridized carbons (Fsp3) is 0.720. The second kappa shape index (κ2) is 12.8. The van der Waals surface area contributed by atoms with Gasteiger partial charge in [-0.05, 0) is 55.2 Å². The van der Waals surface area contributed by atoms with Crippen LogP contribution in [0, 0.1) is 29.1 Å². The largest absolute Gasteiger partial charge is 0.494 e. The van der Waals surface area contributed by atoms with Crippen LogP contribution in [0.4, 0.5) is 0 Å². The van der Waals surface area contributed by atoms with Crippen LogP contribution in [0.3, 0.4) is 0 Å². The van der Waals surface area contributed by atoms with Gasteiger partial charge in [-0.1, -0.05) is 77.3 Å². The van der Waals surface area contributed by atoms with Gasteiger partial charge in [0, 0.05) is 0 Å². The average molecular weight is 370 g/mol. The zero-order chi connectivity index (χ0) is 19.3. The quantitative estimate of drug-likeness (QED) is 0.361. The maximum Gasteiger partial charge on any atom is 0.119 e. The first-order valence-corrected chi connectivity index (χ1v) is 11.4. The Morgan fingerprint density at radius 2 is 1.63 bits per heavy atom. The highest BCUT2D eigenvalue weighted by Gasteiger charge is 2.27. The van der Waals surface area contributed by atoms with Gasteiger partial charge < -0.3 is 4.74 Å². The Morgan fingerprint density at radius 3 is 2.26 bits per heavy atom. The molecule has 1 atom stereocenters. The average Bonchev–Trinajstić information content (AvgIpc) is 2.71. The van der Waals surface area contributed by atoms with E-state index in [1.165, 1.54) is 69.8 Å². The summed E-state index contributed by atoms with van der Waals surface area (Å²) in [6, 6.07) is 11.1. The van der Waals surface area contributed by atoms with Gasteiger partial charge in [0.25, 0.3) is 0 Å². The van der Waals surface area contributed by atoms with Crippen molar-refractivity contribution in [3.05, 3.63) is 29.8 Å². The van der Waals surface area contributed by atoms with Gasteiger partial charge in [-0.25, -0.2) is 0 Å². The summed E-state index contributed by atoms with van der Waals surface area (Å²) in [4.78, 5) is 0. The van der Waals surface area contributed by atoms with Gasteiger partial charge in [0.1, 0.15) is 5.75 Å². The third-order valence-corrected chi connectivity index (χ3v) is 6.24. The first kappa shape index (κ1) is 21.8. The van der Waals surface area contributed by atoms with E-state index in [9.17, 15) is 5.26 Å². The highest BCUT2D eigenvalue weighted by molar-refractivity contribution is 5.28. The van der Waals surface area contributed by atoms with Crippen LogP contribution in [0.25, 0.3) is 0 Å². The Morgan fingerprint density at radius 1 is 0.963 bits per heavy atom. The molecule has 1 fully saturated rings. The number of nitrogens with zero attached hydrogens (tertiary/aromatic N) is 1. The maximum atomic E-state index is 9.73. The Hall–Kier alpha value is -1.49. The van der Waals surface area contributed by atoms with Crippen LogP contribution in [0.1, 0.15) is 90.0 Å². The predicted octanol–water partition coefficient (Wildman–Crippen LogP) is 7.32. The van der Waals surface area contributed by atoms with Gasteiger partial charge >= 0.3 is 0 Å². The van der Waals surface area contributed by atoms with Crippen LogP contribution in [0.2, 0.25) is 0 Å². The SMILES string of the molecule is CCCCCOc1ccc(CC(C#N)C2CCC(CCCCC)CC2)cc1. The van der Waals surface area contributed by atoms with Crippen molar-refractivity contribution in [3.8, 4) is 11.8 Å². The molecule has 0 spiro atoms. The number of benzene rings is 1. The first-order chi connectivity index (χ1) is 13.3. The normalized spacial score (nSPS) is 20.8. The number of hydrogen-bond acceptors (Lipinski definition) is 2. The summed E-state index contributed by atoms with van der Waals surface area (Å²) < 4.78 is 5.80. The van der Waals surface area contributed by atoms with E-state index < -0.39 is 0 Å². The molecule has 0 aliphatic heterocycles. The molecule has 0 radical (unpaired) electrons. The highest BCUT2D eigenvalue weighted by atomic mass is 16.5. The van der Waals surface area contributed by atoms with Crippen LogP contribution in [0.5, 0.6) is 5.75 Å². The van der Waals surface area contributed by atoms with Gasteiger partial charge in [-0.15, -0.1) is 0 Å². The van der Waals surface area contributed by atoms with Crippen LogP contribution in [-0.4, -0.2) is 6.61 Å². The van der Waals surface area contributed by atoms with Crippen molar-refractivity contribution in [2.24, 2.45) is 17.8 Å². The van der Waals surface area contributed by atoms with Crippen molar-refractivity contribution in [2.45, 2.75) is 90.9 Å². The lowest BCUT2D eigenvalue weighted by Gasteiger charge is -2.31. The molecule has 1 aliphatic rings. The monoisotopic (exact) mass is 369 g/mol. The molecule has 1 saturated carbocycles. The molecule has 0 aromatic heterocycles. The maximum absolute atomic E-state index is 9.73. The van der Waals surface area contributed by atoms with E-state index in [1.807, 2.05) is 0 Å². The van der Waals surface area contributed by atoms with E-state index in [0.717, 1.165) is 31.1 Å². The molecule has 0 N–H and O–H groups in total. The standard InChI is InChI=1S/C25H39NO/c1-3-5-7-9-21-10-14-23(15-11-21)24(20-26)19-22-12-16-25(17-13-22)27-18-8-6-4-2/h12-13,16-17,21,23-24H,3-11,14-15,18-19H2,1-2H3. The van der Waals surface area contributed by atoms with Gasteiger partial charge in [-0.3, -0.25) is 0 Å². The third-order valence-electron chi connectivity index (χ3n) is 6.24. The Labute approximate surface area is 167 Å². The molecule has 1 aromatic rings. The number of rotatable bonds is 12. The van der Waals surface area contributed by atoms with E-state index in [0.29, 0.717) is 5.92 Å². The zero-order valence-electron chi connectivity index (χ0n) is 17.6. The van der Waals surface area contributed by atoms with Crippen LogP contribution < -0.4 is 4.74 Å². The van der Waals surface area contributed by atoms with Gasteiger partial charge in [-0.2, -0.15) is 5.26 Å². The third kappa shape index (κ3) is 7.96. The summed E-state index contributed by atoms with van der Waals surface area (Å²) in [7, 11) is 0. The van der Waals surface area contributed by atoms with Gasteiger partial charge in [0.05, 0.1) is 18.6 Å². The minimum Gasteiger partial charge on any atom is -0.494 e. The van der Waals surface area contributed by atoms with E-state index in [2.05, 4.69) is 44.2 Å². The molecule has 0 saturated heterocycles. The fourth-order valence-electron chi connectivity index (χ4n) is 4.40. The second-order valence-corrected chi connectivity index (χ2v) is 8.42. The molecule has 2 nitrogen and oxygen atoms in total. The Kier molecular flexibility index (Phi) is 10.4. The van der Waals surface area contributed by atoms with Crippen LogP contribution >= 0.6 is 0 Å². The Balaban J connectivity index is 1.75. The Bertz CT molecular complexity index is 536. The first-order valence-electron chi connectivity index (χ1n) is 11.4. The van der Waals surface area contributed by atoms with E-state index >= 15 is 0 Å². The number of unbranched alkanes of at least 4 members (excludes halogenated alkanes) is 4. The van der Waals surface area contributed by atoms with Crippen molar-refractivity contribution >= 4 is 0 Å². The molecule has 0 bridgehead atoms. The lowest BCUT2D eigenvalue weighted by Crippen LogP contribution is -2.22. The van der Waals surface area contributed by atoms with Crippen LogP contribution in [-0.2, 0) is 6.42 Å². The lowest BCUT2D eigenvalue weighted by molar-refractivity contribution is 0.221. The molecule has 0 heterocycles. The molecular weight excluding hydrogens is 330 g/mol. The van der Waals surface area contributed by atoms with E-state index in [-0.39, 0.29) is 5.92 Å². The summed E-state index contributed by atoms with van der Waals surface area (Å²) >= 11 is 0. The summed E-state index contributed by atoms with van der Waals surface area (Å²) in [5.41, 5.74) is 1.27. The summed E-state index contributed by atoms with van der Waals surface area (Å²) in [6.45, 7) is 5.29. The smallest absolute Gasteiger partial charge is 0.119 e. The second-order valence-electron chi connectivity index (χ2n) is 8.42. The molecule has 2 rings (SSSR count). The predicted molar refractivity (Wildman–Crippen MR) is 114 cm³/mol. The minimum absolute atomic E-state index is 0.165. The number of nitriles is 1. The van der Waals surface area contributed by atoms with E-state index in [4.69, 9.17) is 4.74 Å². The number of ether oxygens (including phenoxy) is 1. The van der Waals surface area contributed by atoms with Crippen molar-refractivity contribution < 1.29 is 4.74 Å². The highest BCUT2D eigenvalue weighted by Crippen LogP contribution is 2.37. The van der Waals surface area contributed by atoms with Crippen molar-refractivity contribution in [3.63, 3.8) is 0 Å². The van der Waals surface area contributed by atoms with Gasteiger partial charge in [0.15, 0.2) is 0 Å². The van der Waals surface area contributed by atoms with Crippen molar-refractivity contribution in [2.75, 3.05) is 6.61 Å². The van der Waals surface area contributed by atoms with Crippen LogP contribution in [0.15, 0.2) is 24.3 Å². The van der Waals surface area contributed by atoms with E-state index in [1.54, 1.807) is 0 Å². The minimum atomic E-state index is 0.165. The van der Waals surface area contributed by atoms with Crippen molar-refractivity contribution in [1.29, 1.82) is 5.26 Å². The summed E-state index contributed by atoms with van der Waals surface area (Å²) in [6.07, 6.45) is 15.1.